The molecule has 0 aliphatic heterocycles. The Bertz CT molecular complexity index is 623. The molecule has 0 aliphatic carbocycles. The maximum absolute atomic E-state index is 12.2. The minimum Gasteiger partial charge on any atom is -0.497 e. The lowest BCUT2D eigenvalue weighted by molar-refractivity contribution is 0.0950. The maximum Gasteiger partial charge on any atom is 0.251 e. The number of hydrogen-bond donors (Lipinski definition) is 1. The molecule has 2 aromatic rings. The summed E-state index contributed by atoms with van der Waals surface area (Å²) in [6.07, 6.45) is 0. The summed E-state index contributed by atoms with van der Waals surface area (Å²) in [7, 11) is 1.63. The molecule has 1 amide bonds. The average molecular weight is 329 g/mol. The van der Waals surface area contributed by atoms with E-state index in [4.69, 9.17) is 14.2 Å². The number of amides is 1. The van der Waals surface area contributed by atoms with Gasteiger partial charge in [-0.25, -0.2) is 0 Å². The largest absolute Gasteiger partial charge is 0.497 e. The summed E-state index contributed by atoms with van der Waals surface area (Å²) in [5, 5.41) is 2.89. The van der Waals surface area contributed by atoms with Gasteiger partial charge in [-0.3, -0.25) is 4.79 Å². The van der Waals surface area contributed by atoms with Crippen LogP contribution < -0.4 is 14.8 Å². The van der Waals surface area contributed by atoms with Crippen molar-refractivity contribution in [1.29, 1.82) is 0 Å². The van der Waals surface area contributed by atoms with Crippen LogP contribution in [-0.2, 0) is 11.3 Å². The Morgan fingerprint density at radius 1 is 0.958 bits per heavy atom. The molecule has 1 N–H and O–H groups in total. The molecular weight excluding hydrogens is 306 g/mol. The zero-order chi connectivity index (χ0) is 17.2. The summed E-state index contributed by atoms with van der Waals surface area (Å²) in [5.74, 6) is 1.40. The van der Waals surface area contributed by atoms with E-state index in [1.165, 1.54) is 0 Å². The summed E-state index contributed by atoms with van der Waals surface area (Å²) in [6.45, 7) is 4.14. The molecule has 5 heteroatoms. The van der Waals surface area contributed by atoms with Gasteiger partial charge in [-0.1, -0.05) is 12.1 Å². The molecule has 0 aromatic heterocycles. The highest BCUT2D eigenvalue weighted by Gasteiger charge is 2.05. The number of ether oxygens (including phenoxy) is 3. The van der Waals surface area contributed by atoms with Crippen molar-refractivity contribution in [3.05, 3.63) is 59.7 Å². The smallest absolute Gasteiger partial charge is 0.251 e. The first-order valence-corrected chi connectivity index (χ1v) is 7.94. The number of benzene rings is 2. The van der Waals surface area contributed by atoms with Gasteiger partial charge < -0.3 is 19.5 Å². The lowest BCUT2D eigenvalue weighted by Crippen LogP contribution is -2.22. The zero-order valence-corrected chi connectivity index (χ0v) is 14.1. The number of rotatable bonds is 9. The van der Waals surface area contributed by atoms with Crippen LogP contribution in [0.1, 0.15) is 22.8 Å². The first-order chi connectivity index (χ1) is 11.7. The summed E-state index contributed by atoms with van der Waals surface area (Å²) >= 11 is 0. The first kappa shape index (κ1) is 17.8. The van der Waals surface area contributed by atoms with Crippen molar-refractivity contribution in [2.45, 2.75) is 13.5 Å². The lowest BCUT2D eigenvalue weighted by Gasteiger charge is -2.08. The highest BCUT2D eigenvalue weighted by molar-refractivity contribution is 5.94. The van der Waals surface area contributed by atoms with Crippen LogP contribution in [0.15, 0.2) is 48.5 Å². The van der Waals surface area contributed by atoms with E-state index < -0.39 is 0 Å². The third-order valence-corrected chi connectivity index (χ3v) is 3.43. The Balaban J connectivity index is 1.81. The molecule has 5 nitrogen and oxygen atoms in total. The molecule has 0 atom stereocenters. The van der Waals surface area contributed by atoms with E-state index in [9.17, 15) is 4.79 Å². The fourth-order valence-corrected chi connectivity index (χ4v) is 2.09. The van der Waals surface area contributed by atoms with E-state index in [-0.39, 0.29) is 5.91 Å². The maximum atomic E-state index is 12.2. The average Bonchev–Trinajstić information content (AvgIpc) is 2.64. The first-order valence-electron chi connectivity index (χ1n) is 7.94. The van der Waals surface area contributed by atoms with Gasteiger partial charge in [-0.15, -0.1) is 0 Å². The highest BCUT2D eigenvalue weighted by atomic mass is 16.5. The van der Waals surface area contributed by atoms with Gasteiger partial charge in [0.2, 0.25) is 0 Å². The number of carbonyl (C=O) groups excluding carboxylic acids is 1. The molecule has 2 rings (SSSR count). The van der Waals surface area contributed by atoms with Gasteiger partial charge in [0.1, 0.15) is 18.1 Å². The number of hydrogen-bond acceptors (Lipinski definition) is 4. The fourth-order valence-electron chi connectivity index (χ4n) is 2.09. The highest BCUT2D eigenvalue weighted by Crippen LogP contribution is 2.13. The van der Waals surface area contributed by atoms with E-state index in [0.717, 1.165) is 17.1 Å². The summed E-state index contributed by atoms with van der Waals surface area (Å²) < 4.78 is 15.8. The Morgan fingerprint density at radius 3 is 2.25 bits per heavy atom. The van der Waals surface area contributed by atoms with Crippen molar-refractivity contribution >= 4 is 5.91 Å². The third-order valence-electron chi connectivity index (χ3n) is 3.43. The van der Waals surface area contributed by atoms with Crippen molar-refractivity contribution in [3.8, 4) is 11.5 Å². The molecule has 0 saturated heterocycles. The lowest BCUT2D eigenvalue weighted by atomic mass is 10.2. The molecule has 0 bridgehead atoms. The minimum absolute atomic E-state index is 0.119. The standard InChI is InChI=1S/C19H23NO4/c1-3-23-12-13-24-18-10-6-16(7-11-18)19(21)20-14-15-4-8-17(22-2)9-5-15/h4-11H,3,12-14H2,1-2H3,(H,20,21). The monoisotopic (exact) mass is 329 g/mol. The zero-order valence-electron chi connectivity index (χ0n) is 14.1. The van der Waals surface area contributed by atoms with Crippen molar-refractivity contribution in [3.63, 3.8) is 0 Å². The fraction of sp³-hybridized carbons (Fsp3) is 0.316. The second kappa shape index (κ2) is 9.57. The SMILES string of the molecule is CCOCCOc1ccc(C(=O)NCc2ccc(OC)cc2)cc1. The van der Waals surface area contributed by atoms with Gasteiger partial charge in [0.15, 0.2) is 0 Å². The van der Waals surface area contributed by atoms with Crippen LogP contribution in [0.5, 0.6) is 11.5 Å². The van der Waals surface area contributed by atoms with Crippen LogP contribution in [0.3, 0.4) is 0 Å². The number of methoxy groups -OCH3 is 1. The Hall–Kier alpha value is -2.53. The van der Waals surface area contributed by atoms with E-state index >= 15 is 0 Å². The summed E-state index contributed by atoms with van der Waals surface area (Å²) in [5.41, 5.74) is 1.61. The molecule has 0 heterocycles. The van der Waals surface area contributed by atoms with Gasteiger partial charge in [0.05, 0.1) is 13.7 Å². The van der Waals surface area contributed by atoms with Crippen LogP contribution >= 0.6 is 0 Å². The molecule has 24 heavy (non-hydrogen) atoms. The predicted molar refractivity (Wildman–Crippen MR) is 92.6 cm³/mol. The molecule has 0 unspecified atom stereocenters. The molecule has 0 radical (unpaired) electrons. The van der Waals surface area contributed by atoms with Crippen molar-refractivity contribution < 1.29 is 19.0 Å². The van der Waals surface area contributed by atoms with E-state index in [1.807, 2.05) is 31.2 Å². The van der Waals surface area contributed by atoms with Crippen LogP contribution in [0.25, 0.3) is 0 Å². The summed E-state index contributed by atoms with van der Waals surface area (Å²) in [4.78, 5) is 12.2. The minimum atomic E-state index is -0.119. The van der Waals surface area contributed by atoms with E-state index in [1.54, 1.807) is 31.4 Å². The van der Waals surface area contributed by atoms with E-state index in [2.05, 4.69) is 5.32 Å². The van der Waals surface area contributed by atoms with Gasteiger partial charge in [0.25, 0.3) is 5.91 Å². The molecule has 2 aromatic carbocycles. The number of carbonyl (C=O) groups is 1. The molecule has 0 spiro atoms. The predicted octanol–water partition coefficient (Wildman–Crippen LogP) is 3.04. The quantitative estimate of drug-likeness (QED) is 0.719. The number of nitrogens with one attached hydrogen (secondary N) is 1. The summed E-state index contributed by atoms with van der Waals surface area (Å²) in [6, 6.07) is 14.7. The normalized spacial score (nSPS) is 10.2. The van der Waals surface area contributed by atoms with Gasteiger partial charge in [-0.2, -0.15) is 0 Å². The molecule has 0 fully saturated rings. The second-order valence-corrected chi connectivity index (χ2v) is 5.10. The second-order valence-electron chi connectivity index (χ2n) is 5.10. The van der Waals surface area contributed by atoms with Gasteiger partial charge in [0, 0.05) is 18.7 Å². The van der Waals surface area contributed by atoms with Crippen molar-refractivity contribution in [2.24, 2.45) is 0 Å². The topological polar surface area (TPSA) is 56.8 Å². The Labute approximate surface area is 142 Å². The molecule has 128 valence electrons. The third kappa shape index (κ3) is 5.59. The van der Waals surface area contributed by atoms with Crippen LogP contribution in [0.2, 0.25) is 0 Å². The molecule has 0 saturated carbocycles. The van der Waals surface area contributed by atoms with Crippen LogP contribution in [-0.4, -0.2) is 32.8 Å². The molecule has 0 aliphatic rings. The van der Waals surface area contributed by atoms with E-state index in [0.29, 0.717) is 31.9 Å². The Kier molecular flexibility index (Phi) is 7.11. The molecular formula is C19H23NO4. The van der Waals surface area contributed by atoms with Crippen molar-refractivity contribution in [2.75, 3.05) is 26.9 Å². The van der Waals surface area contributed by atoms with Crippen LogP contribution in [0, 0.1) is 0 Å². The van der Waals surface area contributed by atoms with Gasteiger partial charge in [-0.05, 0) is 48.9 Å². The Morgan fingerprint density at radius 2 is 1.62 bits per heavy atom. The van der Waals surface area contributed by atoms with Crippen molar-refractivity contribution in [1.82, 2.24) is 5.32 Å². The van der Waals surface area contributed by atoms with Gasteiger partial charge >= 0.3 is 0 Å². The van der Waals surface area contributed by atoms with Crippen LogP contribution in [0.4, 0.5) is 0 Å².